The third-order valence-electron chi connectivity index (χ3n) is 3.25. The molecule has 1 saturated carbocycles. The highest BCUT2D eigenvalue weighted by Crippen LogP contribution is 2.28. The maximum atomic E-state index is 11.7. The first-order valence-corrected chi connectivity index (χ1v) is 6.05. The Morgan fingerprint density at radius 1 is 1.18 bits per heavy atom. The van der Waals surface area contributed by atoms with Gasteiger partial charge in [-0.15, -0.1) is 13.2 Å². The topological polar surface area (TPSA) is 41.5 Å². The van der Waals surface area contributed by atoms with Gasteiger partial charge in [-0.3, -0.25) is 4.74 Å². The van der Waals surface area contributed by atoms with E-state index in [0.29, 0.717) is 18.4 Å². The Balaban J connectivity index is 2.08. The van der Waals surface area contributed by atoms with Crippen molar-refractivity contribution in [1.29, 1.82) is 0 Å². The number of aliphatic hydroxyl groups is 1. The highest BCUT2D eigenvalue weighted by molar-refractivity contribution is 4.76. The summed E-state index contributed by atoms with van der Waals surface area (Å²) in [7, 11) is 0. The van der Waals surface area contributed by atoms with E-state index in [1.54, 1.807) is 0 Å². The number of ether oxygens (including phenoxy) is 1. The van der Waals surface area contributed by atoms with Crippen LogP contribution in [-0.4, -0.2) is 37.8 Å². The van der Waals surface area contributed by atoms with Crippen molar-refractivity contribution in [2.24, 2.45) is 11.8 Å². The number of hydrogen-bond donors (Lipinski definition) is 2. The quantitative estimate of drug-likeness (QED) is 0.712. The standard InChI is InChI=1S/C11H20F3NO2/c12-11(13,14)17-6-5-15-7-9-3-1-2-4-10(9)8-16/h9-10,15-16H,1-8H2. The highest BCUT2D eigenvalue weighted by atomic mass is 19.4. The van der Waals surface area contributed by atoms with Crippen LogP contribution in [0.1, 0.15) is 25.7 Å². The second-order valence-corrected chi connectivity index (χ2v) is 4.49. The van der Waals surface area contributed by atoms with Gasteiger partial charge in [-0.1, -0.05) is 12.8 Å². The van der Waals surface area contributed by atoms with E-state index < -0.39 is 6.36 Å². The smallest absolute Gasteiger partial charge is 0.396 e. The summed E-state index contributed by atoms with van der Waals surface area (Å²) in [5.41, 5.74) is 0. The average molecular weight is 255 g/mol. The zero-order valence-corrected chi connectivity index (χ0v) is 9.80. The molecule has 0 radical (unpaired) electrons. The molecule has 6 heteroatoms. The number of alkyl halides is 3. The fraction of sp³-hybridized carbons (Fsp3) is 1.00. The molecule has 2 N–H and O–H groups in total. The van der Waals surface area contributed by atoms with Crippen molar-refractivity contribution in [3.8, 4) is 0 Å². The van der Waals surface area contributed by atoms with Gasteiger partial charge in [0.2, 0.25) is 0 Å². The van der Waals surface area contributed by atoms with Crippen molar-refractivity contribution in [1.82, 2.24) is 5.32 Å². The third-order valence-corrected chi connectivity index (χ3v) is 3.25. The Morgan fingerprint density at radius 3 is 2.41 bits per heavy atom. The molecule has 1 aliphatic rings. The molecule has 0 aliphatic heterocycles. The number of rotatable bonds is 6. The molecule has 3 nitrogen and oxygen atoms in total. The summed E-state index contributed by atoms with van der Waals surface area (Å²) in [6.45, 7) is 0.659. The molecular formula is C11H20F3NO2. The van der Waals surface area contributed by atoms with Crippen LogP contribution in [0.2, 0.25) is 0 Å². The average Bonchev–Trinajstić information content (AvgIpc) is 2.27. The van der Waals surface area contributed by atoms with E-state index in [4.69, 9.17) is 5.11 Å². The van der Waals surface area contributed by atoms with Crippen LogP contribution in [0.15, 0.2) is 0 Å². The van der Waals surface area contributed by atoms with E-state index in [9.17, 15) is 13.2 Å². The Hall–Kier alpha value is -0.330. The van der Waals surface area contributed by atoms with Crippen molar-refractivity contribution in [2.75, 3.05) is 26.3 Å². The van der Waals surface area contributed by atoms with Crippen LogP contribution in [0.25, 0.3) is 0 Å². The molecule has 2 atom stereocenters. The molecule has 0 amide bonds. The van der Waals surface area contributed by atoms with Gasteiger partial charge in [0, 0.05) is 13.2 Å². The zero-order chi connectivity index (χ0) is 12.7. The summed E-state index contributed by atoms with van der Waals surface area (Å²) >= 11 is 0. The zero-order valence-electron chi connectivity index (χ0n) is 9.80. The van der Waals surface area contributed by atoms with Gasteiger partial charge in [0.25, 0.3) is 0 Å². The molecule has 0 saturated heterocycles. The largest absolute Gasteiger partial charge is 0.522 e. The predicted octanol–water partition coefficient (Wildman–Crippen LogP) is 1.91. The first kappa shape index (κ1) is 14.7. The number of hydrogen-bond acceptors (Lipinski definition) is 3. The van der Waals surface area contributed by atoms with E-state index >= 15 is 0 Å². The Labute approximate surface area is 99.3 Å². The monoisotopic (exact) mass is 255 g/mol. The Kier molecular flexibility index (Phi) is 6.22. The van der Waals surface area contributed by atoms with Gasteiger partial charge in [-0.2, -0.15) is 0 Å². The molecule has 102 valence electrons. The highest BCUT2D eigenvalue weighted by Gasteiger charge is 2.28. The van der Waals surface area contributed by atoms with Gasteiger partial charge < -0.3 is 10.4 Å². The summed E-state index contributed by atoms with van der Waals surface area (Å²) in [6, 6.07) is 0. The van der Waals surface area contributed by atoms with Gasteiger partial charge in [-0.25, -0.2) is 0 Å². The Bertz CT molecular complexity index is 211. The molecule has 1 rings (SSSR count). The third kappa shape index (κ3) is 6.24. The van der Waals surface area contributed by atoms with E-state index in [1.807, 2.05) is 0 Å². The predicted molar refractivity (Wildman–Crippen MR) is 57.4 cm³/mol. The molecule has 0 aromatic heterocycles. The van der Waals surface area contributed by atoms with Crippen molar-refractivity contribution in [3.05, 3.63) is 0 Å². The van der Waals surface area contributed by atoms with Crippen LogP contribution in [0.5, 0.6) is 0 Å². The molecular weight excluding hydrogens is 235 g/mol. The molecule has 17 heavy (non-hydrogen) atoms. The van der Waals surface area contributed by atoms with E-state index in [-0.39, 0.29) is 19.8 Å². The summed E-state index contributed by atoms with van der Waals surface area (Å²) < 4.78 is 38.7. The SMILES string of the molecule is OCC1CCCCC1CNCCOC(F)(F)F. The molecule has 2 unspecified atom stereocenters. The minimum atomic E-state index is -4.54. The number of halogens is 3. The van der Waals surface area contributed by atoms with Gasteiger partial charge >= 0.3 is 6.36 Å². The molecule has 1 aliphatic carbocycles. The second kappa shape index (κ2) is 7.18. The lowest BCUT2D eigenvalue weighted by Crippen LogP contribution is -2.34. The normalized spacial score (nSPS) is 26.1. The molecule has 0 aromatic rings. The first-order chi connectivity index (χ1) is 8.03. The molecule has 0 heterocycles. The van der Waals surface area contributed by atoms with Gasteiger partial charge in [-0.05, 0) is 31.2 Å². The van der Waals surface area contributed by atoms with Crippen LogP contribution in [-0.2, 0) is 4.74 Å². The van der Waals surface area contributed by atoms with Crippen molar-refractivity contribution < 1.29 is 23.0 Å². The number of nitrogens with one attached hydrogen (secondary N) is 1. The lowest BCUT2D eigenvalue weighted by atomic mass is 9.80. The van der Waals surface area contributed by atoms with E-state index in [0.717, 1.165) is 25.7 Å². The van der Waals surface area contributed by atoms with Crippen LogP contribution in [0, 0.1) is 11.8 Å². The van der Waals surface area contributed by atoms with E-state index in [1.165, 1.54) is 0 Å². The van der Waals surface area contributed by atoms with E-state index in [2.05, 4.69) is 10.1 Å². The Morgan fingerprint density at radius 2 is 1.82 bits per heavy atom. The van der Waals surface area contributed by atoms with Gasteiger partial charge in [0.1, 0.15) is 0 Å². The van der Waals surface area contributed by atoms with Gasteiger partial charge in [0.05, 0.1) is 6.61 Å². The minimum Gasteiger partial charge on any atom is -0.396 e. The summed E-state index contributed by atoms with van der Waals surface area (Å²) in [6.07, 6.45) is -0.207. The summed E-state index contributed by atoms with van der Waals surface area (Å²) in [5.74, 6) is 0.666. The van der Waals surface area contributed by atoms with Crippen molar-refractivity contribution in [3.63, 3.8) is 0 Å². The summed E-state index contributed by atoms with van der Waals surface area (Å²) in [5, 5.41) is 12.1. The minimum absolute atomic E-state index is 0.172. The summed E-state index contributed by atoms with van der Waals surface area (Å²) in [4.78, 5) is 0. The van der Waals surface area contributed by atoms with Crippen molar-refractivity contribution in [2.45, 2.75) is 32.0 Å². The molecule has 0 bridgehead atoms. The first-order valence-electron chi connectivity index (χ1n) is 6.05. The fourth-order valence-corrected chi connectivity index (χ4v) is 2.32. The lowest BCUT2D eigenvalue weighted by molar-refractivity contribution is -0.323. The second-order valence-electron chi connectivity index (χ2n) is 4.49. The van der Waals surface area contributed by atoms with Crippen LogP contribution >= 0.6 is 0 Å². The molecule has 1 fully saturated rings. The van der Waals surface area contributed by atoms with Crippen molar-refractivity contribution >= 4 is 0 Å². The molecule has 0 spiro atoms. The molecule has 0 aromatic carbocycles. The van der Waals surface area contributed by atoms with Crippen LogP contribution < -0.4 is 5.32 Å². The maximum absolute atomic E-state index is 11.7. The fourth-order valence-electron chi connectivity index (χ4n) is 2.32. The number of aliphatic hydroxyl groups excluding tert-OH is 1. The maximum Gasteiger partial charge on any atom is 0.522 e. The van der Waals surface area contributed by atoms with Crippen LogP contribution in [0.4, 0.5) is 13.2 Å². The van der Waals surface area contributed by atoms with Gasteiger partial charge in [0.15, 0.2) is 0 Å². The lowest BCUT2D eigenvalue weighted by Gasteiger charge is -2.30. The van der Waals surface area contributed by atoms with Crippen LogP contribution in [0.3, 0.4) is 0 Å².